The van der Waals surface area contributed by atoms with E-state index < -0.39 is 11.9 Å². The van der Waals surface area contributed by atoms with Crippen molar-refractivity contribution in [3.63, 3.8) is 0 Å². The molecule has 0 aromatic heterocycles. The number of rotatable bonds is 6. The number of likely N-dealkylation sites (tertiary alicyclic amines) is 1. The Bertz CT molecular complexity index is 718. The van der Waals surface area contributed by atoms with Gasteiger partial charge in [-0.05, 0) is 49.9 Å². The Kier molecular flexibility index (Phi) is 6.54. The minimum absolute atomic E-state index is 0.0982. The van der Waals surface area contributed by atoms with Crippen molar-refractivity contribution in [2.24, 2.45) is 11.8 Å². The molecule has 2 amide bonds. The number of amides is 2. The van der Waals surface area contributed by atoms with Crippen molar-refractivity contribution in [3.8, 4) is 5.75 Å². The summed E-state index contributed by atoms with van der Waals surface area (Å²) >= 11 is 0. The van der Waals surface area contributed by atoms with Crippen LogP contribution in [-0.2, 0) is 19.1 Å². The summed E-state index contributed by atoms with van der Waals surface area (Å²) in [7, 11) is 0. The third kappa shape index (κ3) is 4.82. The van der Waals surface area contributed by atoms with Crippen LogP contribution in [0.4, 0.5) is 5.69 Å². The zero-order valence-electron chi connectivity index (χ0n) is 16.6. The standard InChI is InChI=1S/C21H28N2O5/c1-3-27-18-8-6-17(7-9-18)23-13-16(11-19(23)24)21(26)28-14-20(25)22-10-4-5-15(2)12-22/h6-9,15-16H,3-5,10-14H2,1-2H3. The van der Waals surface area contributed by atoms with Crippen molar-refractivity contribution in [1.29, 1.82) is 0 Å². The summed E-state index contributed by atoms with van der Waals surface area (Å²) in [6.07, 6.45) is 2.20. The van der Waals surface area contributed by atoms with Gasteiger partial charge in [0.2, 0.25) is 5.91 Å². The first-order chi connectivity index (χ1) is 13.5. The maximum Gasteiger partial charge on any atom is 0.311 e. The van der Waals surface area contributed by atoms with E-state index in [2.05, 4.69) is 6.92 Å². The summed E-state index contributed by atoms with van der Waals surface area (Å²) in [4.78, 5) is 40.3. The number of hydrogen-bond donors (Lipinski definition) is 0. The minimum Gasteiger partial charge on any atom is -0.494 e. The summed E-state index contributed by atoms with van der Waals surface area (Å²) in [5.74, 6) is -0.106. The molecule has 152 valence electrons. The monoisotopic (exact) mass is 388 g/mol. The lowest BCUT2D eigenvalue weighted by atomic mass is 10.0. The molecular weight excluding hydrogens is 360 g/mol. The predicted molar refractivity (Wildman–Crippen MR) is 104 cm³/mol. The Hall–Kier alpha value is -2.57. The maximum absolute atomic E-state index is 12.4. The molecule has 3 rings (SSSR count). The van der Waals surface area contributed by atoms with Crippen LogP contribution in [0.15, 0.2) is 24.3 Å². The molecule has 0 spiro atoms. The van der Waals surface area contributed by atoms with Crippen LogP contribution >= 0.6 is 0 Å². The number of benzene rings is 1. The summed E-state index contributed by atoms with van der Waals surface area (Å²) in [5.41, 5.74) is 0.724. The third-order valence-corrected chi connectivity index (χ3v) is 5.27. The molecule has 2 saturated heterocycles. The Balaban J connectivity index is 1.51. The highest BCUT2D eigenvalue weighted by Crippen LogP contribution is 2.27. The average molecular weight is 388 g/mol. The van der Waals surface area contributed by atoms with Crippen molar-refractivity contribution in [2.75, 3.05) is 37.7 Å². The van der Waals surface area contributed by atoms with E-state index in [1.54, 1.807) is 34.1 Å². The van der Waals surface area contributed by atoms with Gasteiger partial charge in [0.15, 0.2) is 6.61 Å². The number of ether oxygens (including phenoxy) is 2. The Morgan fingerprint density at radius 1 is 1.18 bits per heavy atom. The fraction of sp³-hybridized carbons (Fsp3) is 0.571. The van der Waals surface area contributed by atoms with Crippen LogP contribution in [0.1, 0.15) is 33.1 Å². The molecule has 2 atom stereocenters. The van der Waals surface area contributed by atoms with Gasteiger partial charge in [-0.3, -0.25) is 14.4 Å². The van der Waals surface area contributed by atoms with Crippen molar-refractivity contribution >= 4 is 23.5 Å². The number of nitrogens with zero attached hydrogens (tertiary/aromatic N) is 2. The van der Waals surface area contributed by atoms with Gasteiger partial charge >= 0.3 is 5.97 Å². The molecule has 0 bridgehead atoms. The molecule has 2 aliphatic heterocycles. The fourth-order valence-electron chi connectivity index (χ4n) is 3.76. The molecule has 2 aliphatic rings. The number of esters is 1. The van der Waals surface area contributed by atoms with Crippen LogP contribution in [0.5, 0.6) is 5.75 Å². The minimum atomic E-state index is -0.549. The second-order valence-electron chi connectivity index (χ2n) is 7.53. The van der Waals surface area contributed by atoms with Gasteiger partial charge < -0.3 is 19.3 Å². The molecule has 2 unspecified atom stereocenters. The van der Waals surface area contributed by atoms with Crippen LogP contribution in [0, 0.1) is 11.8 Å². The second-order valence-corrected chi connectivity index (χ2v) is 7.53. The van der Waals surface area contributed by atoms with E-state index in [-0.39, 0.29) is 31.4 Å². The molecule has 7 nitrogen and oxygen atoms in total. The second kappa shape index (κ2) is 9.08. The van der Waals surface area contributed by atoms with Crippen LogP contribution in [0.2, 0.25) is 0 Å². The van der Waals surface area contributed by atoms with Crippen LogP contribution in [-0.4, -0.2) is 55.5 Å². The molecule has 2 heterocycles. The zero-order chi connectivity index (χ0) is 20.1. The van der Waals surface area contributed by atoms with E-state index in [1.807, 2.05) is 6.92 Å². The molecular formula is C21H28N2O5. The van der Waals surface area contributed by atoms with E-state index >= 15 is 0 Å². The van der Waals surface area contributed by atoms with Gasteiger partial charge in [-0.2, -0.15) is 0 Å². The predicted octanol–water partition coefficient (Wildman–Crippen LogP) is 2.24. The van der Waals surface area contributed by atoms with Gasteiger partial charge in [0.1, 0.15) is 5.75 Å². The van der Waals surface area contributed by atoms with Gasteiger partial charge in [0, 0.05) is 31.7 Å². The quantitative estimate of drug-likeness (QED) is 0.699. The first-order valence-electron chi connectivity index (χ1n) is 9.95. The van der Waals surface area contributed by atoms with Gasteiger partial charge in [-0.1, -0.05) is 6.92 Å². The van der Waals surface area contributed by atoms with Crippen molar-refractivity contribution in [1.82, 2.24) is 4.90 Å². The van der Waals surface area contributed by atoms with Crippen LogP contribution in [0.3, 0.4) is 0 Å². The van der Waals surface area contributed by atoms with Crippen molar-refractivity contribution in [3.05, 3.63) is 24.3 Å². The first-order valence-corrected chi connectivity index (χ1v) is 9.95. The summed E-state index contributed by atoms with van der Waals surface area (Å²) in [6, 6.07) is 7.21. The normalized spacial score (nSPS) is 22.3. The number of carbonyl (C=O) groups excluding carboxylic acids is 3. The van der Waals surface area contributed by atoms with E-state index in [0.29, 0.717) is 25.6 Å². The zero-order valence-corrected chi connectivity index (χ0v) is 16.6. The molecule has 7 heteroatoms. The van der Waals surface area contributed by atoms with E-state index in [9.17, 15) is 14.4 Å². The SMILES string of the molecule is CCOc1ccc(N2CC(C(=O)OCC(=O)N3CCCC(C)C3)CC2=O)cc1. The maximum atomic E-state index is 12.4. The lowest BCUT2D eigenvalue weighted by molar-refractivity contribution is -0.155. The Morgan fingerprint density at radius 2 is 1.93 bits per heavy atom. The van der Waals surface area contributed by atoms with Gasteiger partial charge in [-0.25, -0.2) is 0 Å². The molecule has 0 aliphatic carbocycles. The summed E-state index contributed by atoms with van der Waals surface area (Å²) < 4.78 is 10.6. The number of hydrogen-bond acceptors (Lipinski definition) is 5. The molecule has 2 fully saturated rings. The molecule has 0 saturated carbocycles. The van der Waals surface area contributed by atoms with Gasteiger partial charge in [0.25, 0.3) is 5.91 Å². The van der Waals surface area contributed by atoms with Gasteiger partial charge in [-0.15, -0.1) is 0 Å². The number of carbonyl (C=O) groups is 3. The third-order valence-electron chi connectivity index (χ3n) is 5.27. The molecule has 28 heavy (non-hydrogen) atoms. The molecule has 0 radical (unpaired) electrons. The largest absolute Gasteiger partial charge is 0.494 e. The summed E-state index contributed by atoms with van der Waals surface area (Å²) in [6.45, 7) is 6.04. The Labute approximate surface area is 165 Å². The lowest BCUT2D eigenvalue weighted by Crippen LogP contribution is -2.41. The molecule has 1 aromatic rings. The highest BCUT2D eigenvalue weighted by atomic mass is 16.5. The lowest BCUT2D eigenvalue weighted by Gasteiger charge is -2.30. The highest BCUT2D eigenvalue weighted by molar-refractivity contribution is 5.99. The van der Waals surface area contributed by atoms with Crippen molar-refractivity contribution in [2.45, 2.75) is 33.1 Å². The smallest absolute Gasteiger partial charge is 0.311 e. The van der Waals surface area contributed by atoms with E-state index in [4.69, 9.17) is 9.47 Å². The average Bonchev–Trinajstić information content (AvgIpc) is 3.08. The first kappa shape index (κ1) is 20.2. The van der Waals surface area contributed by atoms with Crippen molar-refractivity contribution < 1.29 is 23.9 Å². The van der Waals surface area contributed by atoms with E-state index in [0.717, 1.165) is 24.3 Å². The fourth-order valence-corrected chi connectivity index (χ4v) is 3.76. The number of anilines is 1. The topological polar surface area (TPSA) is 76.2 Å². The number of piperidine rings is 1. The van der Waals surface area contributed by atoms with Crippen LogP contribution in [0.25, 0.3) is 0 Å². The highest BCUT2D eigenvalue weighted by Gasteiger charge is 2.36. The van der Waals surface area contributed by atoms with E-state index in [1.165, 1.54) is 0 Å². The molecule has 0 N–H and O–H groups in total. The Morgan fingerprint density at radius 3 is 2.61 bits per heavy atom. The van der Waals surface area contributed by atoms with Crippen LogP contribution < -0.4 is 9.64 Å². The molecule has 1 aromatic carbocycles. The van der Waals surface area contributed by atoms with Gasteiger partial charge in [0.05, 0.1) is 12.5 Å². The summed E-state index contributed by atoms with van der Waals surface area (Å²) in [5, 5.41) is 0.